The molecule has 0 aliphatic rings. The minimum atomic E-state index is -1.05. The molecule has 100 valence electrons. The number of halogens is 1. The van der Waals surface area contributed by atoms with Crippen molar-refractivity contribution in [3.05, 3.63) is 32.9 Å². The summed E-state index contributed by atoms with van der Waals surface area (Å²) in [5, 5.41) is 0. The molecule has 1 rings (SSSR count). The van der Waals surface area contributed by atoms with E-state index in [4.69, 9.17) is 0 Å². The van der Waals surface area contributed by atoms with Crippen molar-refractivity contribution in [3.63, 3.8) is 0 Å². The van der Waals surface area contributed by atoms with E-state index in [1.165, 1.54) is 0 Å². The van der Waals surface area contributed by atoms with Crippen molar-refractivity contribution in [1.29, 1.82) is 0 Å². The molecule has 0 spiro atoms. The van der Waals surface area contributed by atoms with Gasteiger partial charge in [-0.2, -0.15) is 4.39 Å². The van der Waals surface area contributed by atoms with Gasteiger partial charge in [0.15, 0.2) is 0 Å². The number of carbonyl (C=O) groups is 1. The zero-order valence-electron chi connectivity index (χ0n) is 10.4. The maximum atomic E-state index is 13.0. The number of rotatable bonds is 5. The highest BCUT2D eigenvalue weighted by Gasteiger charge is 2.10. The van der Waals surface area contributed by atoms with Gasteiger partial charge in [-0.15, -0.1) is 0 Å². The largest absolute Gasteiger partial charge is 0.343 e. The van der Waals surface area contributed by atoms with E-state index in [-0.39, 0.29) is 18.9 Å². The Morgan fingerprint density at radius 3 is 2.56 bits per heavy atom. The molecular weight excluding hydrogens is 241 g/mol. The summed E-state index contributed by atoms with van der Waals surface area (Å²) in [6.45, 7) is 4.93. The van der Waals surface area contributed by atoms with E-state index in [1.54, 1.807) is 4.90 Å². The van der Waals surface area contributed by atoms with Crippen LogP contribution in [0.15, 0.2) is 15.8 Å². The summed E-state index contributed by atoms with van der Waals surface area (Å²) in [6.07, 6.45) is 0.906. The number of nitrogens with zero attached hydrogens (tertiary/aromatic N) is 2. The maximum Gasteiger partial charge on any atom is 0.328 e. The third-order valence-electron chi connectivity index (χ3n) is 2.65. The fourth-order valence-corrected chi connectivity index (χ4v) is 1.60. The van der Waals surface area contributed by atoms with Crippen LogP contribution in [-0.4, -0.2) is 33.4 Å². The van der Waals surface area contributed by atoms with Crippen molar-refractivity contribution in [2.24, 2.45) is 0 Å². The van der Waals surface area contributed by atoms with Crippen molar-refractivity contribution < 1.29 is 9.18 Å². The summed E-state index contributed by atoms with van der Waals surface area (Å²) in [7, 11) is 0. The van der Waals surface area contributed by atoms with Gasteiger partial charge in [0.2, 0.25) is 11.7 Å². The quantitative estimate of drug-likeness (QED) is 0.802. The molecule has 1 aromatic rings. The third-order valence-corrected chi connectivity index (χ3v) is 2.65. The zero-order chi connectivity index (χ0) is 13.7. The van der Waals surface area contributed by atoms with Crippen molar-refractivity contribution >= 4 is 5.91 Å². The van der Waals surface area contributed by atoms with Crippen LogP contribution in [0.4, 0.5) is 4.39 Å². The van der Waals surface area contributed by atoms with Crippen LogP contribution in [0.2, 0.25) is 0 Å². The molecule has 0 saturated carbocycles. The Hall–Kier alpha value is -1.92. The molecule has 1 heterocycles. The van der Waals surface area contributed by atoms with Crippen LogP contribution < -0.4 is 11.2 Å². The number of hydrogen-bond donors (Lipinski definition) is 1. The lowest BCUT2D eigenvalue weighted by molar-refractivity contribution is -0.131. The first-order valence-electron chi connectivity index (χ1n) is 5.76. The Morgan fingerprint density at radius 2 is 2.00 bits per heavy atom. The van der Waals surface area contributed by atoms with Gasteiger partial charge in [0.1, 0.15) is 0 Å². The van der Waals surface area contributed by atoms with Crippen molar-refractivity contribution in [2.45, 2.75) is 26.8 Å². The molecule has 0 bridgehead atoms. The average molecular weight is 257 g/mol. The molecule has 1 aromatic heterocycles. The first-order chi connectivity index (χ1) is 8.49. The van der Waals surface area contributed by atoms with E-state index in [9.17, 15) is 18.8 Å². The molecule has 0 aromatic carbocycles. The lowest BCUT2D eigenvalue weighted by Crippen LogP contribution is -2.34. The molecule has 0 atom stereocenters. The van der Waals surface area contributed by atoms with Crippen LogP contribution in [-0.2, 0) is 11.3 Å². The SMILES string of the molecule is CCN(CC)C(=O)CCn1cc(F)c(=O)[nH]c1=O. The molecule has 1 N–H and O–H groups in total. The number of carbonyl (C=O) groups excluding carboxylic acids is 1. The van der Waals surface area contributed by atoms with Crippen LogP contribution in [0, 0.1) is 5.82 Å². The number of hydrogen-bond acceptors (Lipinski definition) is 3. The van der Waals surface area contributed by atoms with E-state index in [0.717, 1.165) is 10.8 Å². The van der Waals surface area contributed by atoms with Gasteiger partial charge >= 0.3 is 5.69 Å². The maximum absolute atomic E-state index is 13.0. The number of aryl methyl sites for hydroxylation is 1. The highest BCUT2D eigenvalue weighted by atomic mass is 19.1. The summed E-state index contributed by atoms with van der Waals surface area (Å²) >= 11 is 0. The Labute approximate surface area is 103 Å². The predicted molar refractivity (Wildman–Crippen MR) is 63.8 cm³/mol. The summed E-state index contributed by atoms with van der Waals surface area (Å²) in [5.74, 6) is -1.15. The summed E-state index contributed by atoms with van der Waals surface area (Å²) in [4.78, 5) is 37.3. The normalized spacial score (nSPS) is 10.4. The highest BCUT2D eigenvalue weighted by molar-refractivity contribution is 5.75. The number of aromatic nitrogens is 2. The molecule has 0 radical (unpaired) electrons. The van der Waals surface area contributed by atoms with Gasteiger partial charge in [0.25, 0.3) is 5.56 Å². The first-order valence-corrected chi connectivity index (χ1v) is 5.76. The molecule has 7 heteroatoms. The Morgan fingerprint density at radius 1 is 1.39 bits per heavy atom. The standard InChI is InChI=1S/C11H16FN3O3/c1-3-14(4-2)9(16)5-6-15-7-8(12)10(17)13-11(15)18/h7H,3-6H2,1-2H3,(H,13,17,18). The summed E-state index contributed by atoms with van der Waals surface area (Å²) in [6, 6.07) is 0. The zero-order valence-corrected chi connectivity index (χ0v) is 10.4. The Balaban J connectivity index is 2.75. The second kappa shape index (κ2) is 6.13. The van der Waals surface area contributed by atoms with Gasteiger partial charge in [0, 0.05) is 26.1 Å². The molecule has 18 heavy (non-hydrogen) atoms. The van der Waals surface area contributed by atoms with Gasteiger partial charge in [-0.05, 0) is 13.8 Å². The number of amides is 1. The van der Waals surface area contributed by atoms with Crippen LogP contribution in [0.25, 0.3) is 0 Å². The third kappa shape index (κ3) is 3.28. The Kier molecular flexibility index (Phi) is 4.82. The molecule has 0 aliphatic carbocycles. The van der Waals surface area contributed by atoms with E-state index < -0.39 is 17.1 Å². The molecule has 0 fully saturated rings. The molecule has 0 unspecified atom stereocenters. The summed E-state index contributed by atoms with van der Waals surface area (Å²) in [5.41, 5.74) is -1.76. The monoisotopic (exact) mass is 257 g/mol. The second-order valence-electron chi connectivity index (χ2n) is 3.75. The molecule has 6 nitrogen and oxygen atoms in total. The van der Waals surface area contributed by atoms with Crippen molar-refractivity contribution in [1.82, 2.24) is 14.5 Å². The molecule has 0 saturated heterocycles. The molecular formula is C11H16FN3O3. The smallest absolute Gasteiger partial charge is 0.328 e. The first kappa shape index (κ1) is 14.1. The van der Waals surface area contributed by atoms with E-state index >= 15 is 0 Å². The minimum absolute atomic E-state index is 0.0435. The van der Waals surface area contributed by atoms with Crippen molar-refractivity contribution in [2.75, 3.05) is 13.1 Å². The van der Waals surface area contributed by atoms with Gasteiger partial charge < -0.3 is 4.90 Å². The highest BCUT2D eigenvalue weighted by Crippen LogP contribution is 1.96. The average Bonchev–Trinajstić information content (AvgIpc) is 2.33. The second-order valence-corrected chi connectivity index (χ2v) is 3.75. The van der Waals surface area contributed by atoms with E-state index in [2.05, 4.69) is 0 Å². The van der Waals surface area contributed by atoms with Crippen LogP contribution in [0.5, 0.6) is 0 Å². The van der Waals surface area contributed by atoms with Gasteiger partial charge in [-0.25, -0.2) is 4.79 Å². The lowest BCUT2D eigenvalue weighted by Gasteiger charge is -2.18. The number of H-pyrrole nitrogens is 1. The van der Waals surface area contributed by atoms with E-state index in [1.807, 2.05) is 18.8 Å². The van der Waals surface area contributed by atoms with E-state index in [0.29, 0.717) is 13.1 Å². The van der Waals surface area contributed by atoms with Crippen LogP contribution in [0.1, 0.15) is 20.3 Å². The number of nitrogens with one attached hydrogen (secondary N) is 1. The molecule has 0 aliphatic heterocycles. The summed E-state index contributed by atoms with van der Waals surface area (Å²) < 4.78 is 14.0. The minimum Gasteiger partial charge on any atom is -0.343 e. The predicted octanol–water partition coefficient (Wildman–Crippen LogP) is -0.0658. The van der Waals surface area contributed by atoms with Gasteiger partial charge in [0.05, 0.1) is 6.20 Å². The van der Waals surface area contributed by atoms with Crippen LogP contribution in [0.3, 0.4) is 0 Å². The van der Waals surface area contributed by atoms with Crippen molar-refractivity contribution in [3.8, 4) is 0 Å². The topological polar surface area (TPSA) is 75.2 Å². The lowest BCUT2D eigenvalue weighted by atomic mass is 10.3. The van der Waals surface area contributed by atoms with Gasteiger partial charge in [-0.1, -0.05) is 0 Å². The van der Waals surface area contributed by atoms with Gasteiger partial charge in [-0.3, -0.25) is 19.1 Å². The van der Waals surface area contributed by atoms with Crippen LogP contribution >= 0.6 is 0 Å². The Bertz CT molecular complexity index is 531. The fraction of sp³-hybridized carbons (Fsp3) is 0.545. The fourth-order valence-electron chi connectivity index (χ4n) is 1.60. The number of aromatic amines is 1. The molecule has 1 amide bonds.